The van der Waals surface area contributed by atoms with E-state index in [1.165, 1.54) is 32.1 Å². The monoisotopic (exact) mass is 224 g/mol. The predicted octanol–water partition coefficient (Wildman–Crippen LogP) is 1.68. The Morgan fingerprint density at radius 1 is 1.19 bits per heavy atom. The van der Waals surface area contributed by atoms with Gasteiger partial charge in [0.15, 0.2) is 0 Å². The summed E-state index contributed by atoms with van der Waals surface area (Å²) < 4.78 is 0. The van der Waals surface area contributed by atoms with Gasteiger partial charge in [-0.2, -0.15) is 0 Å². The smallest absolute Gasteiger partial charge is 0.226 e. The fraction of sp³-hybridized carbons (Fsp3) is 0.923. The Balaban J connectivity index is 2.14. The molecule has 16 heavy (non-hydrogen) atoms. The Morgan fingerprint density at radius 3 is 2.38 bits per heavy atom. The summed E-state index contributed by atoms with van der Waals surface area (Å²) in [7, 11) is 1.79. The second kappa shape index (κ2) is 5.17. The van der Waals surface area contributed by atoms with Crippen LogP contribution in [0.3, 0.4) is 0 Å². The van der Waals surface area contributed by atoms with Gasteiger partial charge >= 0.3 is 0 Å². The third kappa shape index (κ3) is 2.10. The maximum atomic E-state index is 12.2. The van der Waals surface area contributed by atoms with E-state index in [4.69, 9.17) is 0 Å². The number of amides is 1. The molecule has 3 nitrogen and oxygen atoms in total. The van der Waals surface area contributed by atoms with Gasteiger partial charge in [-0.05, 0) is 44.7 Å². The zero-order valence-electron chi connectivity index (χ0n) is 10.3. The first-order valence-electron chi connectivity index (χ1n) is 6.72. The number of carbonyl (C=O) groups excluding carboxylic acids is 1. The van der Waals surface area contributed by atoms with Gasteiger partial charge in [-0.15, -0.1) is 0 Å². The van der Waals surface area contributed by atoms with Crippen LogP contribution in [0.1, 0.15) is 44.9 Å². The van der Waals surface area contributed by atoms with Crippen molar-refractivity contribution < 1.29 is 4.79 Å². The van der Waals surface area contributed by atoms with Crippen molar-refractivity contribution in [1.29, 1.82) is 0 Å². The van der Waals surface area contributed by atoms with Crippen LogP contribution in [0.15, 0.2) is 0 Å². The molecule has 0 unspecified atom stereocenters. The highest BCUT2D eigenvalue weighted by Gasteiger charge is 2.45. The number of piperidine rings is 1. The van der Waals surface area contributed by atoms with E-state index < -0.39 is 0 Å². The lowest BCUT2D eigenvalue weighted by Crippen LogP contribution is -2.51. The van der Waals surface area contributed by atoms with Gasteiger partial charge in [0.1, 0.15) is 0 Å². The Hall–Kier alpha value is -0.570. The molecule has 1 saturated heterocycles. The molecule has 0 aromatic carbocycles. The SMILES string of the molecule is CNC(=O)C1(C2CCCCC2)CCNCC1. The van der Waals surface area contributed by atoms with Crippen LogP contribution in [0.4, 0.5) is 0 Å². The molecule has 0 bridgehead atoms. The Kier molecular flexibility index (Phi) is 3.85. The second-order valence-electron chi connectivity index (χ2n) is 5.32. The van der Waals surface area contributed by atoms with E-state index in [0.717, 1.165) is 25.9 Å². The van der Waals surface area contributed by atoms with Crippen LogP contribution in [0, 0.1) is 11.3 Å². The van der Waals surface area contributed by atoms with E-state index >= 15 is 0 Å². The molecule has 1 aliphatic carbocycles. The predicted molar refractivity (Wildman–Crippen MR) is 65.2 cm³/mol. The molecule has 2 aliphatic rings. The van der Waals surface area contributed by atoms with E-state index in [1.807, 2.05) is 0 Å². The van der Waals surface area contributed by atoms with Gasteiger partial charge in [0.05, 0.1) is 5.41 Å². The van der Waals surface area contributed by atoms with Gasteiger partial charge in [-0.25, -0.2) is 0 Å². The summed E-state index contributed by atoms with van der Waals surface area (Å²) in [5.74, 6) is 0.921. The first kappa shape index (κ1) is 11.9. The lowest BCUT2D eigenvalue weighted by molar-refractivity contribution is -0.136. The van der Waals surface area contributed by atoms with Crippen molar-refractivity contribution in [2.75, 3.05) is 20.1 Å². The summed E-state index contributed by atoms with van der Waals surface area (Å²) in [5, 5.41) is 6.28. The topological polar surface area (TPSA) is 41.1 Å². The van der Waals surface area contributed by atoms with Gasteiger partial charge in [0.25, 0.3) is 0 Å². The normalized spacial score (nSPS) is 26.3. The molecular weight excluding hydrogens is 200 g/mol. The van der Waals surface area contributed by atoms with E-state index in [-0.39, 0.29) is 5.41 Å². The molecule has 1 amide bonds. The quantitative estimate of drug-likeness (QED) is 0.749. The molecule has 92 valence electrons. The molecule has 0 spiro atoms. The molecule has 0 radical (unpaired) electrons. The molecule has 3 heteroatoms. The van der Waals surface area contributed by atoms with Crippen molar-refractivity contribution in [3.05, 3.63) is 0 Å². The Bertz CT molecular complexity index is 240. The Morgan fingerprint density at radius 2 is 1.81 bits per heavy atom. The maximum Gasteiger partial charge on any atom is 0.226 e. The molecule has 1 heterocycles. The molecule has 0 atom stereocenters. The van der Waals surface area contributed by atoms with Crippen molar-refractivity contribution in [1.82, 2.24) is 10.6 Å². The highest BCUT2D eigenvalue weighted by atomic mass is 16.2. The summed E-state index contributed by atoms with van der Waals surface area (Å²) in [4.78, 5) is 12.2. The summed E-state index contributed by atoms with van der Waals surface area (Å²) in [6.45, 7) is 2.01. The highest BCUT2D eigenvalue weighted by molar-refractivity contribution is 5.82. The average Bonchev–Trinajstić information content (AvgIpc) is 2.39. The molecule has 0 aromatic heterocycles. The van der Waals surface area contributed by atoms with E-state index in [2.05, 4.69) is 10.6 Å². The number of hydrogen-bond acceptors (Lipinski definition) is 2. The van der Waals surface area contributed by atoms with Crippen LogP contribution in [-0.4, -0.2) is 26.0 Å². The molecule has 2 N–H and O–H groups in total. The van der Waals surface area contributed by atoms with Crippen LogP contribution in [0.25, 0.3) is 0 Å². The standard InChI is InChI=1S/C13H24N2O/c1-14-12(16)13(7-9-15-10-8-13)11-5-3-2-4-6-11/h11,15H,2-10H2,1H3,(H,14,16). The number of nitrogens with one attached hydrogen (secondary N) is 2. The van der Waals surface area contributed by atoms with Crippen LogP contribution in [-0.2, 0) is 4.79 Å². The van der Waals surface area contributed by atoms with Crippen molar-refractivity contribution >= 4 is 5.91 Å². The van der Waals surface area contributed by atoms with Crippen LogP contribution in [0.5, 0.6) is 0 Å². The van der Waals surface area contributed by atoms with Gasteiger partial charge in [0.2, 0.25) is 5.91 Å². The van der Waals surface area contributed by atoms with Crippen molar-refractivity contribution in [2.24, 2.45) is 11.3 Å². The lowest BCUT2D eigenvalue weighted by Gasteiger charge is -2.43. The fourth-order valence-corrected chi connectivity index (χ4v) is 3.60. The van der Waals surface area contributed by atoms with Crippen molar-refractivity contribution in [3.63, 3.8) is 0 Å². The minimum Gasteiger partial charge on any atom is -0.359 e. The minimum absolute atomic E-state index is 0.0551. The third-order valence-electron chi connectivity index (χ3n) is 4.56. The minimum atomic E-state index is -0.0551. The zero-order valence-corrected chi connectivity index (χ0v) is 10.3. The molecule has 2 rings (SSSR count). The first-order chi connectivity index (χ1) is 7.79. The average molecular weight is 224 g/mol. The molecule has 1 aliphatic heterocycles. The third-order valence-corrected chi connectivity index (χ3v) is 4.56. The fourth-order valence-electron chi connectivity index (χ4n) is 3.60. The second-order valence-corrected chi connectivity index (χ2v) is 5.32. The molecule has 1 saturated carbocycles. The lowest BCUT2D eigenvalue weighted by atomic mass is 9.63. The Labute approximate surface area is 98.4 Å². The van der Waals surface area contributed by atoms with Crippen LogP contribution in [0.2, 0.25) is 0 Å². The summed E-state index contributed by atoms with van der Waals surface area (Å²) in [6, 6.07) is 0. The van der Waals surface area contributed by atoms with Crippen LogP contribution < -0.4 is 10.6 Å². The van der Waals surface area contributed by atoms with Crippen molar-refractivity contribution in [3.8, 4) is 0 Å². The van der Waals surface area contributed by atoms with E-state index in [0.29, 0.717) is 11.8 Å². The van der Waals surface area contributed by atoms with Crippen molar-refractivity contribution in [2.45, 2.75) is 44.9 Å². The van der Waals surface area contributed by atoms with Gasteiger partial charge in [0, 0.05) is 7.05 Å². The van der Waals surface area contributed by atoms with Crippen LogP contribution >= 0.6 is 0 Å². The van der Waals surface area contributed by atoms with Gasteiger partial charge < -0.3 is 10.6 Å². The van der Waals surface area contributed by atoms with Gasteiger partial charge in [-0.1, -0.05) is 19.3 Å². The van der Waals surface area contributed by atoms with Gasteiger partial charge in [-0.3, -0.25) is 4.79 Å². The summed E-state index contributed by atoms with van der Waals surface area (Å²) in [5.41, 5.74) is -0.0551. The molecular formula is C13H24N2O. The number of carbonyl (C=O) groups is 1. The number of rotatable bonds is 2. The van der Waals surface area contributed by atoms with E-state index in [1.54, 1.807) is 7.05 Å². The zero-order chi connectivity index (χ0) is 11.4. The first-order valence-corrected chi connectivity index (χ1v) is 6.72. The van der Waals surface area contributed by atoms with E-state index in [9.17, 15) is 4.79 Å². The molecule has 2 fully saturated rings. The number of hydrogen-bond donors (Lipinski definition) is 2. The summed E-state index contributed by atoms with van der Waals surface area (Å²) >= 11 is 0. The molecule has 0 aromatic rings. The highest BCUT2D eigenvalue weighted by Crippen LogP contribution is 2.44. The largest absolute Gasteiger partial charge is 0.359 e. The maximum absolute atomic E-state index is 12.2. The summed E-state index contributed by atoms with van der Waals surface area (Å²) in [6.07, 6.45) is 8.56.